The Morgan fingerprint density at radius 3 is 2.75 bits per heavy atom. The number of carbonyl (C=O) groups is 1. The molecule has 0 unspecified atom stereocenters. The van der Waals surface area contributed by atoms with Gasteiger partial charge in [0.1, 0.15) is 0 Å². The molecule has 1 aromatic heterocycles. The maximum atomic E-state index is 12.1. The molecule has 1 heterocycles. The number of sulfonamides is 1. The Kier molecular flexibility index (Phi) is 6.30. The highest BCUT2D eigenvalue weighted by Crippen LogP contribution is 2.15. The van der Waals surface area contributed by atoms with Gasteiger partial charge in [-0.3, -0.25) is 9.78 Å². The Bertz CT molecular complexity index is 797. The summed E-state index contributed by atoms with van der Waals surface area (Å²) in [5.41, 5.74) is 0.910. The number of amides is 1. The maximum absolute atomic E-state index is 12.1. The van der Waals surface area contributed by atoms with E-state index in [1.54, 1.807) is 37.6 Å². The fourth-order valence-electron chi connectivity index (χ4n) is 2.05. The average molecular weight is 368 g/mol. The van der Waals surface area contributed by atoms with Gasteiger partial charge in [0.15, 0.2) is 0 Å². The topological polar surface area (TPSA) is 79.4 Å². The fraction of sp³-hybridized carbons (Fsp3) is 0.250. The van der Waals surface area contributed by atoms with E-state index in [1.165, 1.54) is 17.0 Å². The Labute approximate surface area is 146 Å². The lowest BCUT2D eigenvalue weighted by Crippen LogP contribution is -2.32. The second-order valence-electron chi connectivity index (χ2n) is 5.22. The normalized spacial score (nSPS) is 11.2. The van der Waals surface area contributed by atoms with Gasteiger partial charge in [0.25, 0.3) is 0 Å². The summed E-state index contributed by atoms with van der Waals surface area (Å²) in [6, 6.07) is 9.64. The van der Waals surface area contributed by atoms with Crippen molar-refractivity contribution in [1.82, 2.24) is 14.6 Å². The third kappa shape index (κ3) is 5.30. The first-order chi connectivity index (χ1) is 11.4. The van der Waals surface area contributed by atoms with E-state index in [-0.39, 0.29) is 23.8 Å². The van der Waals surface area contributed by atoms with Crippen LogP contribution >= 0.6 is 11.6 Å². The minimum Gasteiger partial charge on any atom is -0.341 e. The van der Waals surface area contributed by atoms with Gasteiger partial charge in [-0.25, -0.2) is 13.1 Å². The average Bonchev–Trinajstić information content (AvgIpc) is 2.55. The largest absolute Gasteiger partial charge is 0.341 e. The molecule has 2 rings (SSSR count). The summed E-state index contributed by atoms with van der Waals surface area (Å²) < 4.78 is 26.7. The number of nitrogens with zero attached hydrogens (tertiary/aromatic N) is 2. The van der Waals surface area contributed by atoms with Crippen LogP contribution in [0.15, 0.2) is 53.7 Å². The van der Waals surface area contributed by atoms with Crippen LogP contribution in [-0.4, -0.2) is 37.8 Å². The van der Waals surface area contributed by atoms with E-state index in [1.807, 2.05) is 6.07 Å². The first-order valence-corrected chi connectivity index (χ1v) is 9.13. The first-order valence-electron chi connectivity index (χ1n) is 7.26. The Hall–Kier alpha value is -1.96. The van der Waals surface area contributed by atoms with Crippen molar-refractivity contribution >= 4 is 27.5 Å². The Balaban J connectivity index is 1.85. The first kappa shape index (κ1) is 18.4. The van der Waals surface area contributed by atoms with E-state index in [0.717, 1.165) is 5.56 Å². The maximum Gasteiger partial charge on any atom is 0.240 e. The zero-order valence-electron chi connectivity index (χ0n) is 13.1. The second kappa shape index (κ2) is 8.23. The molecule has 6 nitrogen and oxygen atoms in total. The lowest BCUT2D eigenvalue weighted by Gasteiger charge is -2.17. The summed E-state index contributed by atoms with van der Waals surface area (Å²) >= 11 is 5.80. The molecular weight excluding hydrogens is 350 g/mol. The molecule has 24 heavy (non-hydrogen) atoms. The van der Waals surface area contributed by atoms with Gasteiger partial charge < -0.3 is 4.90 Å². The molecule has 0 spiro atoms. The summed E-state index contributed by atoms with van der Waals surface area (Å²) in [5.74, 6) is -0.160. The molecule has 8 heteroatoms. The molecule has 0 atom stereocenters. The molecule has 0 radical (unpaired) electrons. The van der Waals surface area contributed by atoms with E-state index in [0.29, 0.717) is 11.6 Å². The minimum atomic E-state index is -3.68. The van der Waals surface area contributed by atoms with Crippen molar-refractivity contribution in [2.75, 3.05) is 13.6 Å². The lowest BCUT2D eigenvalue weighted by molar-refractivity contribution is -0.130. The summed E-state index contributed by atoms with van der Waals surface area (Å²) in [6.07, 6.45) is 3.41. The molecule has 2 aromatic rings. The standard InChI is InChI=1S/C16H18ClN3O3S/c1-20(12-13-4-3-8-18-11-13)16(21)7-9-19-24(22,23)15-6-2-5-14(17)10-15/h2-6,8,10-11,19H,7,9,12H2,1H3. The van der Waals surface area contributed by atoms with Crippen LogP contribution in [0, 0.1) is 0 Å². The highest BCUT2D eigenvalue weighted by molar-refractivity contribution is 7.89. The summed E-state index contributed by atoms with van der Waals surface area (Å²) in [5, 5.41) is 0.338. The van der Waals surface area contributed by atoms with E-state index in [9.17, 15) is 13.2 Å². The number of hydrogen-bond donors (Lipinski definition) is 1. The molecule has 0 aliphatic carbocycles. The number of hydrogen-bond acceptors (Lipinski definition) is 4. The number of rotatable bonds is 7. The molecule has 1 amide bonds. The monoisotopic (exact) mass is 367 g/mol. The number of pyridine rings is 1. The van der Waals surface area contributed by atoms with Gasteiger partial charge in [0.05, 0.1) is 4.90 Å². The molecular formula is C16H18ClN3O3S. The Morgan fingerprint density at radius 2 is 2.08 bits per heavy atom. The van der Waals surface area contributed by atoms with E-state index in [4.69, 9.17) is 11.6 Å². The van der Waals surface area contributed by atoms with Crippen LogP contribution in [0.4, 0.5) is 0 Å². The quantitative estimate of drug-likeness (QED) is 0.812. The van der Waals surface area contributed by atoms with Crippen LogP contribution in [0.3, 0.4) is 0 Å². The highest BCUT2D eigenvalue weighted by Gasteiger charge is 2.15. The summed E-state index contributed by atoms with van der Waals surface area (Å²) in [7, 11) is -2.01. The van der Waals surface area contributed by atoms with E-state index in [2.05, 4.69) is 9.71 Å². The van der Waals surface area contributed by atoms with Gasteiger partial charge in [0, 0.05) is 44.0 Å². The van der Waals surface area contributed by atoms with Crippen LogP contribution < -0.4 is 4.72 Å². The predicted molar refractivity (Wildman–Crippen MR) is 92.0 cm³/mol. The van der Waals surface area contributed by atoms with Gasteiger partial charge in [0.2, 0.25) is 15.9 Å². The van der Waals surface area contributed by atoms with Crippen LogP contribution in [0.1, 0.15) is 12.0 Å². The van der Waals surface area contributed by atoms with Crippen molar-refractivity contribution in [2.45, 2.75) is 17.9 Å². The number of nitrogens with one attached hydrogen (secondary N) is 1. The summed E-state index contributed by atoms with van der Waals surface area (Å²) in [4.78, 5) is 17.7. The highest BCUT2D eigenvalue weighted by atomic mass is 35.5. The third-order valence-electron chi connectivity index (χ3n) is 3.31. The molecule has 0 aliphatic heterocycles. The van der Waals surface area contributed by atoms with Gasteiger partial charge in [-0.2, -0.15) is 0 Å². The number of carbonyl (C=O) groups excluding carboxylic acids is 1. The number of benzene rings is 1. The Morgan fingerprint density at radius 1 is 1.29 bits per heavy atom. The number of aromatic nitrogens is 1. The molecule has 0 saturated heterocycles. The SMILES string of the molecule is CN(Cc1cccnc1)C(=O)CCNS(=O)(=O)c1cccc(Cl)c1. The second-order valence-corrected chi connectivity index (χ2v) is 7.42. The smallest absolute Gasteiger partial charge is 0.240 e. The molecule has 128 valence electrons. The van der Waals surface area contributed by atoms with E-state index < -0.39 is 10.0 Å². The van der Waals surface area contributed by atoms with Crippen LogP contribution in [-0.2, 0) is 21.4 Å². The zero-order chi connectivity index (χ0) is 17.6. The fourth-order valence-corrected chi connectivity index (χ4v) is 3.39. The predicted octanol–water partition coefficient (Wildman–Crippen LogP) is 2.06. The van der Waals surface area contributed by atoms with Gasteiger partial charge in [-0.15, -0.1) is 0 Å². The van der Waals surface area contributed by atoms with Crippen LogP contribution in [0.5, 0.6) is 0 Å². The van der Waals surface area contributed by atoms with Crippen molar-refractivity contribution in [2.24, 2.45) is 0 Å². The summed E-state index contributed by atoms with van der Waals surface area (Å²) in [6.45, 7) is 0.443. The molecule has 0 aliphatic rings. The lowest BCUT2D eigenvalue weighted by atomic mass is 10.2. The third-order valence-corrected chi connectivity index (χ3v) is 5.00. The number of halogens is 1. The molecule has 0 saturated carbocycles. The van der Waals surface area contributed by atoms with E-state index >= 15 is 0 Å². The molecule has 1 aromatic carbocycles. The van der Waals surface area contributed by atoms with Gasteiger partial charge in [-0.05, 0) is 29.8 Å². The van der Waals surface area contributed by atoms with Gasteiger partial charge in [-0.1, -0.05) is 23.7 Å². The minimum absolute atomic E-state index is 0.0189. The molecule has 0 bridgehead atoms. The van der Waals surface area contributed by atoms with Crippen LogP contribution in [0.2, 0.25) is 5.02 Å². The van der Waals surface area contributed by atoms with Crippen molar-refractivity contribution in [3.63, 3.8) is 0 Å². The van der Waals surface area contributed by atoms with Gasteiger partial charge >= 0.3 is 0 Å². The van der Waals surface area contributed by atoms with Crippen molar-refractivity contribution in [3.05, 3.63) is 59.4 Å². The molecule has 1 N–H and O–H groups in total. The van der Waals surface area contributed by atoms with Crippen molar-refractivity contribution in [1.29, 1.82) is 0 Å². The molecule has 0 fully saturated rings. The van der Waals surface area contributed by atoms with Crippen molar-refractivity contribution < 1.29 is 13.2 Å². The van der Waals surface area contributed by atoms with Crippen LogP contribution in [0.25, 0.3) is 0 Å². The van der Waals surface area contributed by atoms with Crippen molar-refractivity contribution in [3.8, 4) is 0 Å². The zero-order valence-corrected chi connectivity index (χ0v) is 14.7.